The van der Waals surface area contributed by atoms with Crippen LogP contribution in [0, 0.1) is 0 Å². The van der Waals surface area contributed by atoms with Crippen molar-refractivity contribution < 1.29 is 28.6 Å². The molecule has 0 saturated carbocycles. The molecule has 0 radical (unpaired) electrons. The molecule has 0 saturated heterocycles. The minimum absolute atomic E-state index is 0.0802. The van der Waals surface area contributed by atoms with E-state index < -0.39 is 6.10 Å². The molecule has 6 nitrogen and oxygen atoms in total. The number of ether oxygens (including phenoxy) is 3. The quantitative estimate of drug-likeness (QED) is 0.0262. The van der Waals surface area contributed by atoms with Gasteiger partial charge in [0.05, 0.1) is 0 Å². The SMILES string of the molecule is CC/C=C\C/C=C\CCCCCCCCCC(=O)OCC(COC(=O)CCCCCCC/C=C\CCCCCCCCCCC)OC(=O)CCCCCCCCC/C=C\CCCCCCCC. The minimum atomic E-state index is -0.781. The predicted octanol–water partition coefficient (Wildman–Crippen LogP) is 19.4. The van der Waals surface area contributed by atoms with Gasteiger partial charge in [-0.25, -0.2) is 0 Å². The summed E-state index contributed by atoms with van der Waals surface area (Å²) in [6.45, 7) is 6.55. The summed E-state index contributed by atoms with van der Waals surface area (Å²) >= 11 is 0. The maximum atomic E-state index is 12.9. The average molecular weight is 940 g/mol. The molecule has 6 heteroatoms. The predicted molar refractivity (Wildman–Crippen MR) is 289 cm³/mol. The van der Waals surface area contributed by atoms with Crippen LogP contribution >= 0.6 is 0 Å². The number of unbranched alkanes of at least 4 members (excludes halogenated alkanes) is 34. The topological polar surface area (TPSA) is 78.9 Å². The highest BCUT2D eigenvalue weighted by molar-refractivity contribution is 5.71. The van der Waals surface area contributed by atoms with Crippen LogP contribution in [0.5, 0.6) is 0 Å². The van der Waals surface area contributed by atoms with E-state index in [1.54, 1.807) is 0 Å². The van der Waals surface area contributed by atoms with Gasteiger partial charge in [0, 0.05) is 19.3 Å². The van der Waals surface area contributed by atoms with Crippen LogP contribution in [0.4, 0.5) is 0 Å². The summed E-state index contributed by atoms with van der Waals surface area (Å²) in [4.78, 5) is 38.2. The van der Waals surface area contributed by atoms with Crippen LogP contribution in [0.25, 0.3) is 0 Å². The molecule has 0 bridgehead atoms. The van der Waals surface area contributed by atoms with Gasteiger partial charge in [0.15, 0.2) is 6.10 Å². The molecular formula is C61H110O6. The molecule has 67 heavy (non-hydrogen) atoms. The lowest BCUT2D eigenvalue weighted by molar-refractivity contribution is -0.167. The zero-order chi connectivity index (χ0) is 48.6. The Kier molecular flexibility index (Phi) is 53.8. The van der Waals surface area contributed by atoms with E-state index in [-0.39, 0.29) is 31.1 Å². The van der Waals surface area contributed by atoms with Gasteiger partial charge < -0.3 is 14.2 Å². The van der Waals surface area contributed by atoms with Crippen molar-refractivity contribution in [3.05, 3.63) is 48.6 Å². The molecule has 0 aliphatic heterocycles. The molecule has 0 N–H and O–H groups in total. The number of esters is 3. The Balaban J connectivity index is 4.37. The lowest BCUT2D eigenvalue weighted by Gasteiger charge is -2.18. The Labute approximate surface area is 416 Å². The zero-order valence-corrected chi connectivity index (χ0v) is 44.7. The Morgan fingerprint density at radius 1 is 0.313 bits per heavy atom. The van der Waals surface area contributed by atoms with E-state index in [0.29, 0.717) is 19.3 Å². The van der Waals surface area contributed by atoms with Gasteiger partial charge in [0.25, 0.3) is 0 Å². The number of carbonyl (C=O) groups excluding carboxylic acids is 3. The highest BCUT2D eigenvalue weighted by Crippen LogP contribution is 2.16. The molecule has 1 atom stereocenters. The molecule has 0 rings (SSSR count). The van der Waals surface area contributed by atoms with Crippen molar-refractivity contribution in [3.8, 4) is 0 Å². The summed E-state index contributed by atoms with van der Waals surface area (Å²) in [5.41, 5.74) is 0. The van der Waals surface area contributed by atoms with E-state index in [0.717, 1.165) is 83.5 Å². The first kappa shape index (κ1) is 64.4. The Morgan fingerprint density at radius 3 is 0.910 bits per heavy atom. The van der Waals surface area contributed by atoms with Crippen molar-refractivity contribution in [1.82, 2.24) is 0 Å². The maximum absolute atomic E-state index is 12.9. The first-order valence-corrected chi connectivity index (χ1v) is 29.1. The second kappa shape index (κ2) is 56.0. The van der Waals surface area contributed by atoms with Crippen molar-refractivity contribution >= 4 is 17.9 Å². The van der Waals surface area contributed by atoms with Crippen LogP contribution in [-0.4, -0.2) is 37.2 Å². The smallest absolute Gasteiger partial charge is 0.306 e. The standard InChI is InChI=1S/C61H110O6/c1-4-7-10-13-16-19-22-25-28-30-32-33-36-39-42-45-48-51-54-60(63)66-57-58(56-65-59(62)53-50-47-44-41-38-35-27-24-21-18-15-12-9-6-3)67-61(64)55-52-49-46-43-40-37-34-31-29-26-23-20-17-14-11-8-5-2/h9,12,18,21,26,29,32-33,58H,4-8,10-11,13-17,19-20,22-25,27-28,30-31,34-57H2,1-3H3/b12-9-,21-18-,29-26-,33-32-. The lowest BCUT2D eigenvalue weighted by atomic mass is 10.1. The second-order valence-corrected chi connectivity index (χ2v) is 19.5. The van der Waals surface area contributed by atoms with Gasteiger partial charge in [0.2, 0.25) is 0 Å². The Hall–Kier alpha value is -2.63. The number of rotatable bonds is 53. The van der Waals surface area contributed by atoms with Crippen molar-refractivity contribution in [3.63, 3.8) is 0 Å². The average Bonchev–Trinajstić information content (AvgIpc) is 3.33. The summed E-state index contributed by atoms with van der Waals surface area (Å²) in [6.07, 6.45) is 68.2. The maximum Gasteiger partial charge on any atom is 0.306 e. The largest absolute Gasteiger partial charge is 0.462 e. The molecule has 390 valence electrons. The molecule has 0 amide bonds. The summed E-state index contributed by atoms with van der Waals surface area (Å²) in [7, 11) is 0. The van der Waals surface area contributed by atoms with E-state index >= 15 is 0 Å². The molecule has 1 unspecified atom stereocenters. The van der Waals surface area contributed by atoms with Gasteiger partial charge in [-0.1, -0.05) is 236 Å². The number of carbonyl (C=O) groups is 3. The first-order chi connectivity index (χ1) is 33.0. The Bertz CT molecular complexity index is 1170. The van der Waals surface area contributed by atoms with E-state index in [4.69, 9.17) is 14.2 Å². The van der Waals surface area contributed by atoms with E-state index in [2.05, 4.69) is 69.4 Å². The van der Waals surface area contributed by atoms with E-state index in [9.17, 15) is 14.4 Å². The number of hydrogen-bond donors (Lipinski definition) is 0. The van der Waals surface area contributed by atoms with E-state index in [1.165, 1.54) is 180 Å². The van der Waals surface area contributed by atoms with Crippen molar-refractivity contribution in [2.75, 3.05) is 13.2 Å². The van der Waals surface area contributed by atoms with Gasteiger partial charge in [-0.15, -0.1) is 0 Å². The summed E-state index contributed by atoms with van der Waals surface area (Å²) < 4.78 is 16.9. The van der Waals surface area contributed by atoms with Crippen molar-refractivity contribution in [2.45, 2.75) is 309 Å². The third-order valence-corrected chi connectivity index (χ3v) is 12.8. The van der Waals surface area contributed by atoms with Gasteiger partial charge in [0.1, 0.15) is 13.2 Å². The fraction of sp³-hybridized carbons (Fsp3) is 0.820. The fourth-order valence-corrected chi connectivity index (χ4v) is 8.41. The first-order valence-electron chi connectivity index (χ1n) is 29.1. The van der Waals surface area contributed by atoms with Crippen molar-refractivity contribution in [2.24, 2.45) is 0 Å². The molecule has 0 heterocycles. The van der Waals surface area contributed by atoms with Crippen LogP contribution in [0.2, 0.25) is 0 Å². The number of hydrogen-bond acceptors (Lipinski definition) is 6. The molecule has 0 aromatic heterocycles. The summed E-state index contributed by atoms with van der Waals surface area (Å²) in [6, 6.07) is 0. The van der Waals surface area contributed by atoms with Crippen LogP contribution in [0.1, 0.15) is 303 Å². The van der Waals surface area contributed by atoms with Gasteiger partial charge in [-0.05, 0) is 96.3 Å². The molecular weight excluding hydrogens is 829 g/mol. The number of allylic oxidation sites excluding steroid dienone is 8. The van der Waals surface area contributed by atoms with Gasteiger partial charge >= 0.3 is 17.9 Å². The summed E-state index contributed by atoms with van der Waals surface area (Å²) in [5.74, 6) is -0.887. The molecule has 0 aliphatic rings. The normalized spacial score (nSPS) is 12.3. The van der Waals surface area contributed by atoms with Crippen LogP contribution in [-0.2, 0) is 28.6 Å². The van der Waals surface area contributed by atoms with E-state index in [1.807, 2.05) is 0 Å². The molecule has 0 aromatic carbocycles. The van der Waals surface area contributed by atoms with Crippen LogP contribution in [0.15, 0.2) is 48.6 Å². The second-order valence-electron chi connectivity index (χ2n) is 19.5. The summed E-state index contributed by atoms with van der Waals surface area (Å²) in [5, 5.41) is 0. The van der Waals surface area contributed by atoms with Crippen molar-refractivity contribution in [1.29, 1.82) is 0 Å². The van der Waals surface area contributed by atoms with Gasteiger partial charge in [-0.3, -0.25) is 14.4 Å². The highest BCUT2D eigenvalue weighted by atomic mass is 16.6. The molecule has 0 spiro atoms. The minimum Gasteiger partial charge on any atom is -0.462 e. The monoisotopic (exact) mass is 939 g/mol. The molecule has 0 fully saturated rings. The molecule has 0 aliphatic carbocycles. The fourth-order valence-electron chi connectivity index (χ4n) is 8.41. The lowest BCUT2D eigenvalue weighted by Crippen LogP contribution is -2.30. The third kappa shape index (κ3) is 54.2. The third-order valence-electron chi connectivity index (χ3n) is 12.8. The Morgan fingerprint density at radius 2 is 0.582 bits per heavy atom. The highest BCUT2D eigenvalue weighted by Gasteiger charge is 2.19. The van der Waals surface area contributed by atoms with Crippen LogP contribution in [0.3, 0.4) is 0 Å². The van der Waals surface area contributed by atoms with Gasteiger partial charge in [-0.2, -0.15) is 0 Å². The zero-order valence-electron chi connectivity index (χ0n) is 44.7. The van der Waals surface area contributed by atoms with Crippen LogP contribution < -0.4 is 0 Å². The molecule has 0 aromatic rings.